The van der Waals surface area contributed by atoms with E-state index >= 15 is 0 Å². The minimum atomic E-state index is -0.0456. The summed E-state index contributed by atoms with van der Waals surface area (Å²) in [6, 6.07) is 0. The summed E-state index contributed by atoms with van der Waals surface area (Å²) in [7, 11) is 0.516. The van der Waals surface area contributed by atoms with Gasteiger partial charge in [-0.05, 0) is 18.4 Å². The highest BCUT2D eigenvalue weighted by Crippen LogP contribution is 2.30. The molecule has 2 heteroatoms. The number of hydrogen-bond acceptors (Lipinski definition) is 1. The zero-order valence-electron chi connectivity index (χ0n) is 14.1. The lowest BCUT2D eigenvalue weighted by atomic mass is 10.0. The van der Waals surface area contributed by atoms with Crippen LogP contribution in [0.2, 0.25) is 5.04 Å². The average Bonchev–Trinajstić information content (AvgIpc) is 2.43. The molecule has 0 bridgehead atoms. The van der Waals surface area contributed by atoms with Gasteiger partial charge in [0.1, 0.15) is 6.10 Å². The van der Waals surface area contributed by atoms with Crippen LogP contribution in [-0.4, -0.2) is 15.9 Å². The van der Waals surface area contributed by atoms with Crippen LogP contribution in [-0.2, 0) is 4.43 Å². The fourth-order valence-electron chi connectivity index (χ4n) is 2.21. The van der Waals surface area contributed by atoms with Gasteiger partial charge in [-0.25, -0.2) is 0 Å². The van der Waals surface area contributed by atoms with Crippen molar-refractivity contribution in [1.29, 1.82) is 0 Å². The zero-order chi connectivity index (χ0) is 15.3. The predicted octanol–water partition coefficient (Wildman–Crippen LogP) is 5.76. The summed E-state index contributed by atoms with van der Waals surface area (Å²) >= 11 is 0. The van der Waals surface area contributed by atoms with Crippen LogP contribution in [0.15, 0.2) is 0 Å². The molecular formula is C18H34OSi. The van der Waals surface area contributed by atoms with E-state index in [1.165, 1.54) is 64.2 Å². The summed E-state index contributed by atoms with van der Waals surface area (Å²) in [5.41, 5.74) is 0. The van der Waals surface area contributed by atoms with E-state index < -0.39 is 0 Å². The van der Waals surface area contributed by atoms with Crippen LogP contribution in [0.5, 0.6) is 0 Å². The van der Waals surface area contributed by atoms with Crippen LogP contribution in [0, 0.1) is 12.3 Å². The first kappa shape index (κ1) is 19.7. The summed E-state index contributed by atoms with van der Waals surface area (Å²) in [6.07, 6.45) is 19.1. The second kappa shape index (κ2) is 12.5. The van der Waals surface area contributed by atoms with Crippen LogP contribution in [0.4, 0.5) is 0 Å². The Morgan fingerprint density at radius 3 is 2.00 bits per heavy atom. The van der Waals surface area contributed by atoms with E-state index in [0.717, 1.165) is 0 Å². The third kappa shape index (κ3) is 12.8. The second-order valence-electron chi connectivity index (χ2n) is 6.49. The molecule has 0 saturated heterocycles. The van der Waals surface area contributed by atoms with Gasteiger partial charge in [0, 0.05) is 0 Å². The van der Waals surface area contributed by atoms with Crippen LogP contribution >= 0.6 is 0 Å². The first-order valence-electron chi connectivity index (χ1n) is 8.41. The maximum Gasteiger partial charge on any atom is 0.237 e. The van der Waals surface area contributed by atoms with Gasteiger partial charge in [0.15, 0.2) is 0 Å². The molecule has 0 rings (SSSR count). The van der Waals surface area contributed by atoms with Crippen LogP contribution in [0.3, 0.4) is 0 Å². The molecule has 0 spiro atoms. The Balaban J connectivity index is 3.42. The smallest absolute Gasteiger partial charge is 0.237 e. The molecule has 0 aromatic carbocycles. The minimum absolute atomic E-state index is 0.0456. The normalized spacial score (nSPS) is 13.2. The Labute approximate surface area is 130 Å². The maximum atomic E-state index is 5.68. The largest absolute Gasteiger partial charge is 0.404 e. The quantitative estimate of drug-likeness (QED) is 0.238. The van der Waals surface area contributed by atoms with Crippen molar-refractivity contribution in [2.75, 3.05) is 0 Å². The molecule has 1 atom stereocenters. The van der Waals surface area contributed by atoms with E-state index in [4.69, 9.17) is 10.8 Å². The van der Waals surface area contributed by atoms with Gasteiger partial charge in [-0.1, -0.05) is 84.5 Å². The van der Waals surface area contributed by atoms with Gasteiger partial charge in [0.25, 0.3) is 0 Å². The molecule has 2 radical (unpaired) electrons. The van der Waals surface area contributed by atoms with Gasteiger partial charge >= 0.3 is 0 Å². The number of rotatable bonds is 13. The summed E-state index contributed by atoms with van der Waals surface area (Å²) in [5, 5.41) is 0.284. The monoisotopic (exact) mass is 294 g/mol. The SMILES string of the molecule is C#CC(C)O[Si]C(C)(C)CCCCCCCCCCC. The highest BCUT2D eigenvalue weighted by molar-refractivity contribution is 6.32. The van der Waals surface area contributed by atoms with Gasteiger partial charge < -0.3 is 4.43 Å². The van der Waals surface area contributed by atoms with Crippen molar-refractivity contribution in [3.8, 4) is 12.3 Å². The van der Waals surface area contributed by atoms with E-state index in [2.05, 4.69) is 26.7 Å². The van der Waals surface area contributed by atoms with Crippen molar-refractivity contribution in [2.45, 2.75) is 103 Å². The van der Waals surface area contributed by atoms with Gasteiger partial charge in [0.2, 0.25) is 9.76 Å². The molecule has 0 aliphatic heterocycles. The molecule has 0 fully saturated rings. The van der Waals surface area contributed by atoms with Crippen molar-refractivity contribution < 1.29 is 4.43 Å². The van der Waals surface area contributed by atoms with Crippen LogP contribution < -0.4 is 0 Å². The molecule has 1 unspecified atom stereocenters. The van der Waals surface area contributed by atoms with Crippen molar-refractivity contribution in [2.24, 2.45) is 0 Å². The lowest BCUT2D eigenvalue weighted by Crippen LogP contribution is -2.20. The van der Waals surface area contributed by atoms with Gasteiger partial charge in [-0.2, -0.15) is 0 Å². The van der Waals surface area contributed by atoms with Crippen molar-refractivity contribution in [1.82, 2.24) is 0 Å². The molecule has 0 aromatic heterocycles. The molecule has 116 valence electrons. The van der Waals surface area contributed by atoms with Crippen molar-refractivity contribution >= 4 is 9.76 Å². The third-order valence-corrected chi connectivity index (χ3v) is 4.93. The van der Waals surface area contributed by atoms with Crippen molar-refractivity contribution in [3.05, 3.63) is 0 Å². The molecule has 0 aliphatic rings. The summed E-state index contributed by atoms with van der Waals surface area (Å²) in [6.45, 7) is 8.80. The predicted molar refractivity (Wildman–Crippen MR) is 91.0 cm³/mol. The topological polar surface area (TPSA) is 9.23 Å². The molecule has 0 heterocycles. The minimum Gasteiger partial charge on any atom is -0.404 e. The Bertz CT molecular complexity index is 255. The van der Waals surface area contributed by atoms with E-state index in [-0.39, 0.29) is 11.1 Å². The fourth-order valence-corrected chi connectivity index (χ4v) is 3.05. The second-order valence-corrected chi connectivity index (χ2v) is 8.28. The number of hydrogen-bond donors (Lipinski definition) is 0. The van der Waals surface area contributed by atoms with Crippen molar-refractivity contribution in [3.63, 3.8) is 0 Å². The fraction of sp³-hybridized carbons (Fsp3) is 0.889. The Hall–Kier alpha value is -0.263. The molecular weight excluding hydrogens is 260 g/mol. The summed E-state index contributed by atoms with van der Waals surface area (Å²) in [4.78, 5) is 0. The highest BCUT2D eigenvalue weighted by Gasteiger charge is 2.21. The van der Waals surface area contributed by atoms with E-state index in [9.17, 15) is 0 Å². The molecule has 0 aromatic rings. The lowest BCUT2D eigenvalue weighted by Gasteiger charge is -2.23. The van der Waals surface area contributed by atoms with E-state index in [0.29, 0.717) is 9.76 Å². The molecule has 0 aliphatic carbocycles. The van der Waals surface area contributed by atoms with Gasteiger partial charge in [-0.3, -0.25) is 0 Å². The first-order chi connectivity index (χ1) is 9.52. The Morgan fingerprint density at radius 1 is 1.00 bits per heavy atom. The first-order valence-corrected chi connectivity index (χ1v) is 9.31. The Kier molecular flexibility index (Phi) is 12.3. The van der Waals surface area contributed by atoms with Gasteiger partial charge in [0.05, 0.1) is 0 Å². The lowest BCUT2D eigenvalue weighted by molar-refractivity contribution is 0.276. The number of terminal acetylenes is 1. The molecule has 0 N–H and O–H groups in total. The Morgan fingerprint density at radius 2 is 1.50 bits per heavy atom. The molecule has 0 saturated carbocycles. The average molecular weight is 295 g/mol. The highest BCUT2D eigenvalue weighted by atomic mass is 28.2. The van der Waals surface area contributed by atoms with E-state index in [1.807, 2.05) is 6.92 Å². The standard InChI is InChI=1S/C18H34OSi/c1-6-8-9-10-11-12-13-14-15-16-18(4,5)20-19-17(3)7-2/h2,17H,6,8-16H2,1,3-5H3. The summed E-state index contributed by atoms with van der Waals surface area (Å²) in [5.74, 6) is 2.63. The van der Waals surface area contributed by atoms with Crippen LogP contribution in [0.1, 0.15) is 91.9 Å². The zero-order valence-corrected chi connectivity index (χ0v) is 15.1. The molecule has 20 heavy (non-hydrogen) atoms. The molecule has 0 amide bonds. The molecule has 1 nitrogen and oxygen atoms in total. The van der Waals surface area contributed by atoms with Crippen LogP contribution in [0.25, 0.3) is 0 Å². The van der Waals surface area contributed by atoms with Gasteiger partial charge in [-0.15, -0.1) is 6.42 Å². The van der Waals surface area contributed by atoms with E-state index in [1.54, 1.807) is 0 Å². The summed E-state index contributed by atoms with van der Waals surface area (Å²) < 4.78 is 5.68. The maximum absolute atomic E-state index is 5.68. The number of unbranched alkanes of at least 4 members (excludes halogenated alkanes) is 8. The third-order valence-electron chi connectivity index (χ3n) is 3.65.